The molecule has 1 saturated heterocycles. The van der Waals surface area contributed by atoms with Gasteiger partial charge in [-0.2, -0.15) is 0 Å². The number of ether oxygens (including phenoxy) is 1. The van der Waals surface area contributed by atoms with E-state index in [1.807, 2.05) is 0 Å². The number of hydrogen-bond donors (Lipinski definition) is 3. The number of H-pyrrole nitrogens is 1. The van der Waals surface area contributed by atoms with Gasteiger partial charge in [0.2, 0.25) is 0 Å². The summed E-state index contributed by atoms with van der Waals surface area (Å²) < 4.78 is 5.25. The number of carboxylic acid groups (broad SMARTS) is 1. The molecule has 2 heterocycles. The van der Waals surface area contributed by atoms with E-state index in [0.717, 1.165) is 0 Å². The van der Waals surface area contributed by atoms with Crippen molar-refractivity contribution in [1.29, 1.82) is 0 Å². The highest BCUT2D eigenvalue weighted by Gasteiger charge is 2.32. The van der Waals surface area contributed by atoms with Crippen LogP contribution in [0.4, 0.5) is 4.79 Å². The van der Waals surface area contributed by atoms with E-state index in [-0.39, 0.29) is 30.4 Å². The van der Waals surface area contributed by atoms with Crippen molar-refractivity contribution in [1.82, 2.24) is 20.2 Å². The number of amides is 2. The van der Waals surface area contributed by atoms with Crippen molar-refractivity contribution in [2.75, 3.05) is 20.2 Å². The average Bonchev–Trinajstić information content (AvgIpc) is 2.92. The van der Waals surface area contributed by atoms with Gasteiger partial charge in [-0.05, 0) is 6.42 Å². The predicted octanol–water partition coefficient (Wildman–Crippen LogP) is -0.0932. The summed E-state index contributed by atoms with van der Waals surface area (Å²) in [6.45, 7) is 0.618. The highest BCUT2D eigenvalue weighted by atomic mass is 16.5. The van der Waals surface area contributed by atoms with Gasteiger partial charge in [0.1, 0.15) is 0 Å². The molecule has 19 heavy (non-hydrogen) atoms. The number of aromatic amines is 1. The summed E-state index contributed by atoms with van der Waals surface area (Å²) >= 11 is 0. The molecule has 0 spiro atoms. The van der Waals surface area contributed by atoms with Crippen molar-refractivity contribution >= 4 is 12.0 Å². The number of carbonyl (C=O) groups excluding carboxylic acids is 1. The fourth-order valence-corrected chi connectivity index (χ4v) is 2.12. The SMILES string of the molecule is CO[C@@H]1CN(C(=O)O)CC[C@@H]1NC(=O)c1ncc[nH]1. The number of nitrogens with one attached hydrogen (secondary N) is 2. The van der Waals surface area contributed by atoms with Gasteiger partial charge < -0.3 is 25.0 Å². The molecule has 0 aliphatic carbocycles. The van der Waals surface area contributed by atoms with Crippen LogP contribution in [0.1, 0.15) is 17.0 Å². The fourth-order valence-electron chi connectivity index (χ4n) is 2.12. The first-order valence-electron chi connectivity index (χ1n) is 5.92. The Balaban J connectivity index is 1.97. The molecule has 0 bridgehead atoms. The molecule has 3 N–H and O–H groups in total. The van der Waals surface area contributed by atoms with Gasteiger partial charge in [0.05, 0.1) is 18.7 Å². The number of nitrogens with zero attached hydrogens (tertiary/aromatic N) is 2. The van der Waals surface area contributed by atoms with E-state index in [1.54, 1.807) is 6.20 Å². The minimum Gasteiger partial charge on any atom is -0.465 e. The zero-order chi connectivity index (χ0) is 13.8. The normalized spacial score (nSPS) is 23.1. The molecule has 2 atom stereocenters. The molecule has 1 aliphatic rings. The average molecular weight is 268 g/mol. The third kappa shape index (κ3) is 3.02. The second kappa shape index (κ2) is 5.70. The summed E-state index contributed by atoms with van der Waals surface area (Å²) in [4.78, 5) is 30.6. The van der Waals surface area contributed by atoms with Crippen LogP contribution in [0.15, 0.2) is 12.4 Å². The molecular weight excluding hydrogens is 252 g/mol. The van der Waals surface area contributed by atoms with E-state index in [1.165, 1.54) is 18.2 Å². The van der Waals surface area contributed by atoms with Crippen LogP contribution < -0.4 is 5.32 Å². The van der Waals surface area contributed by atoms with Gasteiger partial charge in [0.15, 0.2) is 5.82 Å². The van der Waals surface area contributed by atoms with E-state index in [4.69, 9.17) is 9.84 Å². The maximum atomic E-state index is 11.9. The lowest BCUT2D eigenvalue weighted by Gasteiger charge is -2.36. The molecule has 1 aromatic heterocycles. The molecule has 1 aliphatic heterocycles. The van der Waals surface area contributed by atoms with E-state index < -0.39 is 6.09 Å². The molecule has 8 heteroatoms. The van der Waals surface area contributed by atoms with Crippen LogP contribution in [0.5, 0.6) is 0 Å². The first-order chi connectivity index (χ1) is 9.11. The van der Waals surface area contributed by atoms with Gasteiger partial charge in [-0.25, -0.2) is 9.78 Å². The standard InChI is InChI=1S/C11H16N4O4/c1-19-8-6-15(11(17)18)5-2-7(8)14-10(16)9-12-3-4-13-9/h3-4,7-8H,2,5-6H2,1H3,(H,12,13)(H,14,16)(H,17,18)/t7-,8+/m0/s1. The summed E-state index contributed by atoms with van der Waals surface area (Å²) in [5.74, 6) is -0.0867. The number of aromatic nitrogens is 2. The highest BCUT2D eigenvalue weighted by Crippen LogP contribution is 2.14. The fraction of sp³-hybridized carbons (Fsp3) is 0.545. The van der Waals surface area contributed by atoms with Gasteiger partial charge in [0, 0.05) is 26.0 Å². The molecule has 1 fully saturated rings. The Morgan fingerprint density at radius 1 is 1.63 bits per heavy atom. The summed E-state index contributed by atoms with van der Waals surface area (Å²) in [7, 11) is 1.50. The monoisotopic (exact) mass is 268 g/mol. The molecule has 0 radical (unpaired) electrons. The van der Waals surface area contributed by atoms with Crippen LogP contribution in [0.3, 0.4) is 0 Å². The van der Waals surface area contributed by atoms with Crippen LogP contribution in [-0.4, -0.2) is 64.3 Å². The lowest BCUT2D eigenvalue weighted by atomic mass is 10.0. The smallest absolute Gasteiger partial charge is 0.407 e. The Labute approximate surface area is 109 Å². The van der Waals surface area contributed by atoms with Crippen molar-refractivity contribution in [2.24, 2.45) is 0 Å². The summed E-state index contributed by atoms with van der Waals surface area (Å²) in [6, 6.07) is -0.224. The number of piperidine rings is 1. The number of imidazole rings is 1. The molecule has 1 aromatic rings. The van der Waals surface area contributed by atoms with Crippen LogP contribution >= 0.6 is 0 Å². The highest BCUT2D eigenvalue weighted by molar-refractivity contribution is 5.90. The Morgan fingerprint density at radius 3 is 3.00 bits per heavy atom. The van der Waals surface area contributed by atoms with Gasteiger partial charge in [0.25, 0.3) is 5.91 Å². The number of methoxy groups -OCH3 is 1. The van der Waals surface area contributed by atoms with E-state index in [9.17, 15) is 9.59 Å². The van der Waals surface area contributed by atoms with E-state index >= 15 is 0 Å². The summed E-state index contributed by atoms with van der Waals surface area (Å²) in [6.07, 6.45) is 2.24. The van der Waals surface area contributed by atoms with Crippen molar-refractivity contribution in [3.05, 3.63) is 18.2 Å². The maximum absolute atomic E-state index is 11.9. The van der Waals surface area contributed by atoms with E-state index in [0.29, 0.717) is 13.0 Å². The summed E-state index contributed by atoms with van der Waals surface area (Å²) in [5.41, 5.74) is 0. The molecule has 0 saturated carbocycles. The summed E-state index contributed by atoms with van der Waals surface area (Å²) in [5, 5.41) is 11.7. The largest absolute Gasteiger partial charge is 0.465 e. The molecule has 104 valence electrons. The molecule has 2 amide bonds. The lowest BCUT2D eigenvalue weighted by Crippen LogP contribution is -2.55. The van der Waals surface area contributed by atoms with Crippen molar-refractivity contribution in [3.63, 3.8) is 0 Å². The molecule has 0 aromatic carbocycles. The third-order valence-corrected chi connectivity index (χ3v) is 3.16. The maximum Gasteiger partial charge on any atom is 0.407 e. The Bertz CT molecular complexity index is 448. The van der Waals surface area contributed by atoms with Gasteiger partial charge in [-0.15, -0.1) is 0 Å². The third-order valence-electron chi connectivity index (χ3n) is 3.16. The zero-order valence-electron chi connectivity index (χ0n) is 10.5. The van der Waals surface area contributed by atoms with E-state index in [2.05, 4.69) is 15.3 Å². The van der Waals surface area contributed by atoms with Gasteiger partial charge in [-0.1, -0.05) is 0 Å². The lowest BCUT2D eigenvalue weighted by molar-refractivity contribution is 0.0100. The minimum absolute atomic E-state index is 0.224. The van der Waals surface area contributed by atoms with Crippen LogP contribution in [-0.2, 0) is 4.74 Å². The Kier molecular flexibility index (Phi) is 4.00. The minimum atomic E-state index is -0.974. The number of rotatable bonds is 3. The first kappa shape index (κ1) is 13.3. The van der Waals surface area contributed by atoms with Crippen molar-refractivity contribution in [2.45, 2.75) is 18.6 Å². The Morgan fingerprint density at radius 2 is 2.42 bits per heavy atom. The number of likely N-dealkylation sites (tertiary alicyclic amines) is 1. The first-order valence-corrected chi connectivity index (χ1v) is 5.92. The second-order valence-electron chi connectivity index (χ2n) is 4.31. The van der Waals surface area contributed by atoms with Crippen LogP contribution in [0.2, 0.25) is 0 Å². The predicted molar refractivity (Wildman–Crippen MR) is 64.9 cm³/mol. The van der Waals surface area contributed by atoms with Gasteiger partial charge in [-0.3, -0.25) is 4.79 Å². The Hall–Kier alpha value is -2.09. The van der Waals surface area contributed by atoms with Crippen molar-refractivity contribution in [3.8, 4) is 0 Å². The quantitative estimate of drug-likeness (QED) is 0.710. The molecule has 8 nitrogen and oxygen atoms in total. The van der Waals surface area contributed by atoms with Crippen molar-refractivity contribution < 1.29 is 19.4 Å². The van der Waals surface area contributed by atoms with Gasteiger partial charge >= 0.3 is 6.09 Å². The molecule has 2 rings (SSSR count). The number of hydrogen-bond acceptors (Lipinski definition) is 4. The van der Waals surface area contributed by atoms with Crippen LogP contribution in [0, 0.1) is 0 Å². The molecule has 0 unspecified atom stereocenters. The zero-order valence-corrected chi connectivity index (χ0v) is 10.5. The topological polar surface area (TPSA) is 108 Å². The molecular formula is C11H16N4O4. The van der Waals surface area contributed by atoms with Crippen LogP contribution in [0.25, 0.3) is 0 Å². The number of carbonyl (C=O) groups is 2. The second-order valence-corrected chi connectivity index (χ2v) is 4.31.